The summed E-state index contributed by atoms with van der Waals surface area (Å²) in [6.07, 6.45) is 2.89. The van der Waals surface area contributed by atoms with Gasteiger partial charge < -0.3 is 15.7 Å². The van der Waals surface area contributed by atoms with Gasteiger partial charge in [0.05, 0.1) is 0 Å². The lowest BCUT2D eigenvalue weighted by molar-refractivity contribution is -0.136. The normalized spacial score (nSPS) is 16.1. The predicted molar refractivity (Wildman–Crippen MR) is 74.5 cm³/mol. The fourth-order valence-corrected chi connectivity index (χ4v) is 2.28. The zero-order valence-corrected chi connectivity index (χ0v) is 11.4. The second-order valence-corrected chi connectivity index (χ2v) is 5.35. The minimum atomic E-state index is -0.0251. The quantitative estimate of drug-likeness (QED) is 0.822. The molecule has 1 aromatic carbocycles. The summed E-state index contributed by atoms with van der Waals surface area (Å²) < 4.78 is 0. The number of hydrogen-bond donors (Lipinski definition) is 2. The number of phenols is 1. The maximum atomic E-state index is 12.4. The molecule has 0 saturated heterocycles. The van der Waals surface area contributed by atoms with Crippen molar-refractivity contribution in [3.05, 3.63) is 29.8 Å². The van der Waals surface area contributed by atoms with E-state index < -0.39 is 0 Å². The molecule has 104 valence electrons. The van der Waals surface area contributed by atoms with Crippen LogP contribution in [0.1, 0.15) is 31.7 Å². The van der Waals surface area contributed by atoms with E-state index in [1.54, 1.807) is 12.1 Å². The summed E-state index contributed by atoms with van der Waals surface area (Å²) in [6.45, 7) is 3.05. The van der Waals surface area contributed by atoms with Gasteiger partial charge in [-0.3, -0.25) is 4.79 Å². The average Bonchev–Trinajstić information content (AvgIpc) is 3.20. The van der Waals surface area contributed by atoms with Crippen LogP contribution in [0.2, 0.25) is 0 Å². The second kappa shape index (κ2) is 6.06. The molecular weight excluding hydrogens is 240 g/mol. The number of hydrogen-bond acceptors (Lipinski definition) is 3. The second-order valence-electron chi connectivity index (χ2n) is 5.35. The largest absolute Gasteiger partial charge is 0.508 e. The van der Waals surface area contributed by atoms with E-state index in [0.29, 0.717) is 19.1 Å². The van der Waals surface area contributed by atoms with Gasteiger partial charge in [0.2, 0.25) is 5.91 Å². The number of benzene rings is 1. The Kier molecular flexibility index (Phi) is 4.43. The lowest BCUT2D eigenvalue weighted by Crippen LogP contribution is -2.37. The number of nitrogens with two attached hydrogens (primary N) is 1. The van der Waals surface area contributed by atoms with Gasteiger partial charge in [0.25, 0.3) is 0 Å². The van der Waals surface area contributed by atoms with Crippen molar-refractivity contribution in [2.24, 2.45) is 11.7 Å². The van der Waals surface area contributed by atoms with Crippen molar-refractivity contribution < 1.29 is 9.90 Å². The summed E-state index contributed by atoms with van der Waals surface area (Å²) in [4.78, 5) is 14.4. The molecule has 2 rings (SSSR count). The molecule has 3 N–H and O–H groups in total. The van der Waals surface area contributed by atoms with Gasteiger partial charge in [0.15, 0.2) is 0 Å². The van der Waals surface area contributed by atoms with E-state index in [1.165, 1.54) is 0 Å². The van der Waals surface area contributed by atoms with Crippen molar-refractivity contribution in [2.75, 3.05) is 6.54 Å². The number of nitrogens with zero attached hydrogens (tertiary/aromatic N) is 1. The molecule has 1 aromatic rings. The number of rotatable bonds is 6. The number of amides is 1. The molecule has 19 heavy (non-hydrogen) atoms. The highest BCUT2D eigenvalue weighted by molar-refractivity contribution is 5.79. The topological polar surface area (TPSA) is 66.6 Å². The smallest absolute Gasteiger partial charge is 0.225 e. The summed E-state index contributed by atoms with van der Waals surface area (Å²) in [7, 11) is 0. The van der Waals surface area contributed by atoms with E-state index in [1.807, 2.05) is 24.0 Å². The van der Waals surface area contributed by atoms with Gasteiger partial charge in [0.1, 0.15) is 5.75 Å². The highest BCUT2D eigenvalue weighted by Crippen LogP contribution is 2.30. The molecule has 0 bridgehead atoms. The zero-order chi connectivity index (χ0) is 13.8. The van der Waals surface area contributed by atoms with Gasteiger partial charge in [-0.25, -0.2) is 0 Å². The van der Waals surface area contributed by atoms with Crippen LogP contribution in [0.3, 0.4) is 0 Å². The molecule has 1 amide bonds. The Balaban J connectivity index is 2.06. The highest BCUT2D eigenvalue weighted by Gasteiger charge is 2.34. The summed E-state index contributed by atoms with van der Waals surface area (Å²) >= 11 is 0. The molecule has 1 fully saturated rings. The summed E-state index contributed by atoms with van der Waals surface area (Å²) in [5.74, 6) is 0.398. The first-order chi connectivity index (χ1) is 9.11. The number of carbonyl (C=O) groups is 1. The predicted octanol–water partition coefficient (Wildman–Crippen LogP) is 1.87. The van der Waals surface area contributed by atoms with Crippen molar-refractivity contribution in [3.8, 4) is 5.75 Å². The van der Waals surface area contributed by atoms with E-state index >= 15 is 0 Å². The van der Waals surface area contributed by atoms with Gasteiger partial charge in [-0.1, -0.05) is 19.1 Å². The van der Waals surface area contributed by atoms with Crippen molar-refractivity contribution in [1.29, 1.82) is 0 Å². The molecule has 0 aromatic heterocycles. The van der Waals surface area contributed by atoms with Gasteiger partial charge in [-0.15, -0.1) is 0 Å². The van der Waals surface area contributed by atoms with Crippen LogP contribution in [0.5, 0.6) is 5.75 Å². The maximum Gasteiger partial charge on any atom is 0.225 e. The lowest BCUT2D eigenvalue weighted by atomic mass is 10.1. The Morgan fingerprint density at radius 3 is 2.84 bits per heavy atom. The number of aromatic hydroxyl groups is 1. The fraction of sp³-hybridized carbons (Fsp3) is 0.533. The SMILES string of the molecule is CC(CCN)C(=O)N(Cc1cccc(O)c1)C1CC1. The standard InChI is InChI=1S/C15H22N2O2/c1-11(7-8-16)15(19)17(13-5-6-13)10-12-3-2-4-14(18)9-12/h2-4,9,11,13,18H,5-8,10,16H2,1H3. The summed E-state index contributed by atoms with van der Waals surface area (Å²) in [6, 6.07) is 7.48. The fourth-order valence-electron chi connectivity index (χ4n) is 2.28. The average molecular weight is 262 g/mol. The Morgan fingerprint density at radius 2 is 2.26 bits per heavy atom. The van der Waals surface area contributed by atoms with Crippen molar-refractivity contribution in [3.63, 3.8) is 0 Å². The van der Waals surface area contributed by atoms with Crippen LogP contribution in [0.25, 0.3) is 0 Å². The van der Waals surface area contributed by atoms with Crippen molar-refractivity contribution in [1.82, 2.24) is 4.90 Å². The Hall–Kier alpha value is -1.55. The number of phenolic OH excluding ortho intramolecular Hbond substituents is 1. The van der Waals surface area contributed by atoms with Crippen LogP contribution in [0.4, 0.5) is 0 Å². The molecule has 0 heterocycles. The molecule has 1 saturated carbocycles. The van der Waals surface area contributed by atoms with Gasteiger partial charge in [-0.2, -0.15) is 0 Å². The van der Waals surface area contributed by atoms with Crippen LogP contribution < -0.4 is 5.73 Å². The Labute approximate surface area is 114 Å². The van der Waals surface area contributed by atoms with Gasteiger partial charge in [-0.05, 0) is 43.5 Å². The molecule has 4 nitrogen and oxygen atoms in total. The van der Waals surface area contributed by atoms with Gasteiger partial charge in [0, 0.05) is 18.5 Å². The molecule has 1 aliphatic rings. The lowest BCUT2D eigenvalue weighted by Gasteiger charge is -2.26. The van der Waals surface area contributed by atoms with Crippen LogP contribution in [-0.4, -0.2) is 28.5 Å². The van der Waals surface area contributed by atoms with E-state index in [2.05, 4.69) is 0 Å². The molecule has 0 radical (unpaired) electrons. The minimum Gasteiger partial charge on any atom is -0.508 e. The Bertz CT molecular complexity index is 444. The molecule has 0 aliphatic heterocycles. The molecule has 4 heteroatoms. The van der Waals surface area contributed by atoms with Crippen LogP contribution >= 0.6 is 0 Å². The van der Waals surface area contributed by atoms with Gasteiger partial charge >= 0.3 is 0 Å². The van der Waals surface area contributed by atoms with E-state index in [0.717, 1.165) is 24.8 Å². The van der Waals surface area contributed by atoms with Crippen LogP contribution in [-0.2, 0) is 11.3 Å². The molecule has 1 unspecified atom stereocenters. The molecule has 1 aliphatic carbocycles. The zero-order valence-electron chi connectivity index (χ0n) is 11.4. The number of carbonyl (C=O) groups excluding carboxylic acids is 1. The first-order valence-corrected chi connectivity index (χ1v) is 6.90. The van der Waals surface area contributed by atoms with E-state index in [-0.39, 0.29) is 17.6 Å². The molecule has 0 spiro atoms. The maximum absolute atomic E-state index is 12.4. The monoisotopic (exact) mass is 262 g/mol. The van der Waals surface area contributed by atoms with E-state index in [9.17, 15) is 9.90 Å². The third-order valence-corrected chi connectivity index (χ3v) is 3.56. The van der Waals surface area contributed by atoms with Crippen molar-refractivity contribution in [2.45, 2.75) is 38.8 Å². The third kappa shape index (κ3) is 3.70. The highest BCUT2D eigenvalue weighted by atomic mass is 16.3. The molecular formula is C15H22N2O2. The Morgan fingerprint density at radius 1 is 1.53 bits per heavy atom. The first-order valence-electron chi connectivity index (χ1n) is 6.90. The first kappa shape index (κ1) is 13.9. The minimum absolute atomic E-state index is 0.0251. The summed E-state index contributed by atoms with van der Waals surface area (Å²) in [5, 5.41) is 9.49. The third-order valence-electron chi connectivity index (χ3n) is 3.56. The summed E-state index contributed by atoms with van der Waals surface area (Å²) in [5.41, 5.74) is 6.50. The van der Waals surface area contributed by atoms with E-state index in [4.69, 9.17) is 5.73 Å². The van der Waals surface area contributed by atoms with Crippen molar-refractivity contribution >= 4 is 5.91 Å². The molecule has 1 atom stereocenters. The van der Waals surface area contributed by atoms with Crippen LogP contribution in [0, 0.1) is 5.92 Å². The van der Waals surface area contributed by atoms with Crippen LogP contribution in [0.15, 0.2) is 24.3 Å².